The van der Waals surface area contributed by atoms with E-state index < -0.39 is 0 Å². The minimum atomic E-state index is -0.243. The molecule has 1 saturated heterocycles. The van der Waals surface area contributed by atoms with Crippen molar-refractivity contribution in [2.24, 2.45) is 0 Å². The molecule has 1 aliphatic heterocycles. The molecule has 2 aromatic rings. The van der Waals surface area contributed by atoms with Gasteiger partial charge >= 0.3 is 0 Å². The zero-order valence-electron chi connectivity index (χ0n) is 17.4. The highest BCUT2D eigenvalue weighted by Gasteiger charge is 2.37. The highest BCUT2D eigenvalue weighted by molar-refractivity contribution is 14.1. The Labute approximate surface area is 195 Å². The second-order valence-electron chi connectivity index (χ2n) is 7.12. The second kappa shape index (κ2) is 9.87. The lowest BCUT2D eigenvalue weighted by atomic mass is 10.1. The van der Waals surface area contributed by atoms with Crippen molar-refractivity contribution in [1.29, 1.82) is 0 Å². The summed E-state index contributed by atoms with van der Waals surface area (Å²) in [5.41, 5.74) is 3.05. The second-order valence-corrected chi connectivity index (χ2v) is 9.28. The lowest BCUT2D eigenvalue weighted by Gasteiger charge is -2.19. The zero-order valence-corrected chi connectivity index (χ0v) is 20.4. The number of hydrogen-bond acceptors (Lipinski definition) is 5. The summed E-state index contributed by atoms with van der Waals surface area (Å²) in [6.07, 6.45) is 2.46. The molecule has 0 aromatic heterocycles. The summed E-state index contributed by atoms with van der Waals surface area (Å²) in [6.45, 7) is 6.32. The van der Waals surface area contributed by atoms with E-state index in [1.165, 1.54) is 10.5 Å². The van der Waals surface area contributed by atoms with Crippen LogP contribution in [-0.4, -0.2) is 29.2 Å². The number of imide groups is 1. The first-order valence-corrected chi connectivity index (χ1v) is 11.6. The Hall–Kier alpha value is -2.00. The first-order valence-electron chi connectivity index (χ1n) is 9.67. The third kappa shape index (κ3) is 5.00. The lowest BCUT2D eigenvalue weighted by molar-refractivity contribution is -0.124. The van der Waals surface area contributed by atoms with Gasteiger partial charge in [0.1, 0.15) is 6.61 Å². The van der Waals surface area contributed by atoms with Crippen LogP contribution in [0.25, 0.3) is 6.08 Å². The lowest BCUT2D eigenvalue weighted by Crippen LogP contribution is -2.36. The molecule has 158 valence electrons. The van der Waals surface area contributed by atoms with E-state index in [1.807, 2.05) is 51.1 Å². The van der Waals surface area contributed by atoms with Crippen molar-refractivity contribution in [3.8, 4) is 11.5 Å². The molecule has 1 fully saturated rings. The minimum absolute atomic E-state index is 0.115. The van der Waals surface area contributed by atoms with Crippen LogP contribution in [-0.2, 0) is 11.4 Å². The fraction of sp³-hybridized carbons (Fsp3) is 0.304. The average Bonchev–Trinajstić information content (AvgIpc) is 2.99. The summed E-state index contributed by atoms with van der Waals surface area (Å²) < 4.78 is 12.4. The summed E-state index contributed by atoms with van der Waals surface area (Å²) in [5.74, 6) is 1.000. The number of ether oxygens (including phenoxy) is 2. The van der Waals surface area contributed by atoms with Gasteiger partial charge < -0.3 is 9.47 Å². The van der Waals surface area contributed by atoms with Crippen molar-refractivity contribution >= 4 is 51.6 Å². The van der Waals surface area contributed by atoms with Crippen LogP contribution in [0, 0.1) is 10.5 Å². The fourth-order valence-electron chi connectivity index (χ4n) is 3.11. The van der Waals surface area contributed by atoms with Crippen LogP contribution < -0.4 is 9.47 Å². The van der Waals surface area contributed by atoms with E-state index >= 15 is 0 Å². The summed E-state index contributed by atoms with van der Waals surface area (Å²) in [6, 6.07) is 11.8. The van der Waals surface area contributed by atoms with Gasteiger partial charge in [-0.2, -0.15) is 0 Å². The number of amides is 2. The van der Waals surface area contributed by atoms with Crippen LogP contribution in [0.2, 0.25) is 0 Å². The van der Waals surface area contributed by atoms with E-state index in [9.17, 15) is 9.59 Å². The Morgan fingerprint density at radius 2 is 2.00 bits per heavy atom. The predicted octanol–water partition coefficient (Wildman–Crippen LogP) is 6.02. The predicted molar refractivity (Wildman–Crippen MR) is 129 cm³/mol. The molecule has 7 heteroatoms. The summed E-state index contributed by atoms with van der Waals surface area (Å²) >= 11 is 3.17. The number of aryl methyl sites for hydroxylation is 1. The number of benzene rings is 2. The average molecular weight is 537 g/mol. The summed E-state index contributed by atoms with van der Waals surface area (Å²) in [7, 11) is 1.59. The maximum atomic E-state index is 12.7. The van der Waals surface area contributed by atoms with Crippen molar-refractivity contribution in [2.75, 3.05) is 7.11 Å². The Balaban J connectivity index is 1.84. The topological polar surface area (TPSA) is 55.8 Å². The van der Waals surface area contributed by atoms with Gasteiger partial charge in [-0.15, -0.1) is 0 Å². The smallest absolute Gasteiger partial charge is 0.293 e. The molecule has 0 saturated carbocycles. The summed E-state index contributed by atoms with van der Waals surface area (Å²) in [5, 5.41) is -0.222. The molecule has 1 heterocycles. The van der Waals surface area contributed by atoms with Gasteiger partial charge in [-0.1, -0.05) is 36.8 Å². The normalized spacial score (nSPS) is 16.3. The van der Waals surface area contributed by atoms with Crippen molar-refractivity contribution < 1.29 is 19.1 Å². The molecule has 3 rings (SSSR count). The first kappa shape index (κ1) is 22.7. The first-order chi connectivity index (χ1) is 14.3. The van der Waals surface area contributed by atoms with Crippen LogP contribution in [0.5, 0.6) is 11.5 Å². The van der Waals surface area contributed by atoms with Gasteiger partial charge in [0.15, 0.2) is 11.5 Å². The highest BCUT2D eigenvalue weighted by Crippen LogP contribution is 2.38. The molecule has 1 atom stereocenters. The van der Waals surface area contributed by atoms with Gasteiger partial charge in [0.05, 0.1) is 15.6 Å². The van der Waals surface area contributed by atoms with E-state index in [2.05, 4.69) is 28.7 Å². The molecular formula is C23H24INO4S. The van der Waals surface area contributed by atoms with Gasteiger partial charge in [0, 0.05) is 6.04 Å². The van der Waals surface area contributed by atoms with E-state index in [1.54, 1.807) is 13.2 Å². The maximum absolute atomic E-state index is 12.7. The maximum Gasteiger partial charge on any atom is 0.293 e. The van der Waals surface area contributed by atoms with Crippen LogP contribution in [0.3, 0.4) is 0 Å². The molecule has 1 aliphatic rings. The molecule has 0 bridgehead atoms. The Bertz CT molecular complexity index is 1000. The number of rotatable bonds is 7. The number of carbonyl (C=O) groups excluding carboxylic acids is 2. The number of thioether (sulfide) groups is 1. The molecule has 0 unspecified atom stereocenters. The van der Waals surface area contributed by atoms with Crippen LogP contribution >= 0.6 is 34.4 Å². The Morgan fingerprint density at radius 1 is 1.23 bits per heavy atom. The monoisotopic (exact) mass is 537 g/mol. The number of carbonyl (C=O) groups is 2. The van der Waals surface area contributed by atoms with Crippen LogP contribution in [0.15, 0.2) is 41.3 Å². The molecule has 2 aromatic carbocycles. The molecule has 0 spiro atoms. The minimum Gasteiger partial charge on any atom is -0.493 e. The van der Waals surface area contributed by atoms with Crippen molar-refractivity contribution in [1.82, 2.24) is 4.90 Å². The molecule has 0 radical (unpaired) electrons. The molecule has 0 aliphatic carbocycles. The number of hydrogen-bond donors (Lipinski definition) is 0. The SMILES string of the molecule is CC[C@@H](C)N1C(=O)S/C(=C/c2cc(I)c(OCc3cccc(C)c3)c(OC)c2)C1=O. The Kier molecular flexibility index (Phi) is 7.46. The van der Waals surface area contributed by atoms with Gasteiger partial charge in [-0.05, 0) is 84.0 Å². The van der Waals surface area contributed by atoms with Crippen molar-refractivity contribution in [2.45, 2.75) is 39.8 Å². The zero-order chi connectivity index (χ0) is 21.8. The fourth-order valence-corrected chi connectivity index (χ4v) is 4.83. The molecule has 0 N–H and O–H groups in total. The summed E-state index contributed by atoms with van der Waals surface area (Å²) in [4.78, 5) is 26.7. The van der Waals surface area contributed by atoms with Gasteiger partial charge in [-0.25, -0.2) is 0 Å². The largest absolute Gasteiger partial charge is 0.493 e. The van der Waals surface area contributed by atoms with Gasteiger partial charge in [0.2, 0.25) is 0 Å². The third-order valence-corrected chi connectivity index (χ3v) is 6.56. The molecule has 30 heavy (non-hydrogen) atoms. The highest BCUT2D eigenvalue weighted by atomic mass is 127. The molecule has 2 amide bonds. The van der Waals surface area contributed by atoms with Gasteiger partial charge in [-0.3, -0.25) is 14.5 Å². The number of halogens is 1. The van der Waals surface area contributed by atoms with E-state index in [-0.39, 0.29) is 17.2 Å². The molecule has 5 nitrogen and oxygen atoms in total. The van der Waals surface area contributed by atoms with E-state index in [0.29, 0.717) is 23.0 Å². The number of methoxy groups -OCH3 is 1. The van der Waals surface area contributed by atoms with Crippen molar-refractivity contribution in [3.05, 3.63) is 61.6 Å². The third-order valence-electron chi connectivity index (χ3n) is 4.87. The Morgan fingerprint density at radius 3 is 2.67 bits per heavy atom. The molecular weight excluding hydrogens is 513 g/mol. The quantitative estimate of drug-likeness (QED) is 0.319. The van der Waals surface area contributed by atoms with E-state index in [0.717, 1.165) is 32.9 Å². The number of nitrogens with zero attached hydrogens (tertiary/aromatic N) is 1. The van der Waals surface area contributed by atoms with E-state index in [4.69, 9.17) is 9.47 Å². The van der Waals surface area contributed by atoms with Crippen LogP contribution in [0.1, 0.15) is 37.0 Å². The van der Waals surface area contributed by atoms with Crippen molar-refractivity contribution in [3.63, 3.8) is 0 Å². The van der Waals surface area contributed by atoms with Gasteiger partial charge in [0.25, 0.3) is 11.1 Å². The van der Waals surface area contributed by atoms with Crippen LogP contribution in [0.4, 0.5) is 4.79 Å². The standard InChI is InChI=1S/C23H24INO4S/c1-5-15(3)25-22(26)20(30-23(25)27)12-17-10-18(24)21(19(11-17)28-4)29-13-16-8-6-7-14(2)9-16/h6-12,15H,5,13H2,1-4H3/b20-12+/t15-/m1/s1.